The fourth-order valence-electron chi connectivity index (χ4n) is 2.30. The predicted molar refractivity (Wildman–Crippen MR) is 121 cm³/mol. The molecule has 0 saturated heterocycles. The molecule has 0 aliphatic carbocycles. The van der Waals surface area contributed by atoms with Crippen molar-refractivity contribution in [1.29, 1.82) is 0 Å². The van der Waals surface area contributed by atoms with E-state index in [0.29, 0.717) is 0 Å². The Balaban J connectivity index is 0.00000182. The number of hydrogen-bond acceptors (Lipinski definition) is 4. The molecule has 4 aromatic rings. The molecule has 2 heterocycles. The van der Waals surface area contributed by atoms with E-state index in [-0.39, 0.29) is 206 Å². The van der Waals surface area contributed by atoms with E-state index in [1.54, 1.807) is 24.8 Å². The molecule has 4 rings (SSSR count). The summed E-state index contributed by atoms with van der Waals surface area (Å²) in [6.45, 7) is 0. The SMILES string of the molecule is C(=Cn1ncc(-c2ccccc2)n1)n1ncc(-c2ccccc2)n1.[KH].[KH].[KH].[KH]. The first kappa shape index (κ1) is 31.0. The molecule has 10 heteroatoms. The first-order valence-electron chi connectivity index (χ1n) is 7.51. The topological polar surface area (TPSA) is 61.4 Å². The van der Waals surface area contributed by atoms with Gasteiger partial charge in [-0.25, -0.2) is 0 Å². The van der Waals surface area contributed by atoms with Crippen molar-refractivity contribution in [3.05, 3.63) is 73.1 Å². The van der Waals surface area contributed by atoms with Crippen LogP contribution in [0.5, 0.6) is 0 Å². The normalized spacial score (nSPS) is 9.57. The Labute approximate surface area is 334 Å². The Kier molecular flexibility index (Phi) is 18.4. The molecule has 6 nitrogen and oxygen atoms in total. The van der Waals surface area contributed by atoms with Crippen LogP contribution in [0, 0.1) is 0 Å². The van der Waals surface area contributed by atoms with Crippen molar-refractivity contribution in [1.82, 2.24) is 30.0 Å². The van der Waals surface area contributed by atoms with Gasteiger partial charge in [0.15, 0.2) is 0 Å². The fourth-order valence-corrected chi connectivity index (χ4v) is 2.30. The third-order valence-electron chi connectivity index (χ3n) is 3.49. The van der Waals surface area contributed by atoms with Crippen molar-refractivity contribution in [2.24, 2.45) is 0 Å². The van der Waals surface area contributed by atoms with Crippen LogP contribution in [0.1, 0.15) is 0 Å². The van der Waals surface area contributed by atoms with Crippen molar-refractivity contribution in [3.8, 4) is 22.5 Å². The Bertz CT molecular complexity index is 890. The fraction of sp³-hybridized carbons (Fsp3) is 0. The van der Waals surface area contributed by atoms with Crippen LogP contribution in [-0.4, -0.2) is 236 Å². The summed E-state index contributed by atoms with van der Waals surface area (Å²) in [6, 6.07) is 19.8. The van der Waals surface area contributed by atoms with Crippen molar-refractivity contribution in [3.63, 3.8) is 0 Å². The maximum atomic E-state index is 4.41. The van der Waals surface area contributed by atoms with Gasteiger partial charge in [-0.05, 0) is 0 Å². The summed E-state index contributed by atoms with van der Waals surface area (Å²) in [5, 5.41) is 17.3. The standard InChI is InChI=1S/C18H14N6.4K.4H/c1-3-7-15(8-4-1)17-13-19-23(21-17)11-12-24-20-14-18(22-24)16-9-5-2-6-10-16;;;;;;;;/h1-14H;;;;;;;;. The summed E-state index contributed by atoms with van der Waals surface area (Å²) in [5.74, 6) is 0. The van der Waals surface area contributed by atoms with E-state index in [4.69, 9.17) is 0 Å². The molecule has 0 spiro atoms. The van der Waals surface area contributed by atoms with Crippen molar-refractivity contribution in [2.45, 2.75) is 0 Å². The monoisotopic (exact) mass is 474 g/mol. The second kappa shape index (κ2) is 16.6. The molecule has 0 fully saturated rings. The van der Waals surface area contributed by atoms with E-state index in [1.807, 2.05) is 60.7 Å². The second-order valence-corrected chi connectivity index (χ2v) is 5.13. The Morgan fingerprint density at radius 1 is 0.536 bits per heavy atom. The predicted octanol–water partition coefficient (Wildman–Crippen LogP) is 0.695. The summed E-state index contributed by atoms with van der Waals surface area (Å²) in [7, 11) is 0. The third-order valence-corrected chi connectivity index (χ3v) is 3.49. The van der Waals surface area contributed by atoms with Gasteiger partial charge >= 0.3 is 206 Å². The minimum absolute atomic E-state index is 0. The molecule has 0 aliphatic rings. The van der Waals surface area contributed by atoms with Crippen LogP contribution >= 0.6 is 0 Å². The van der Waals surface area contributed by atoms with Crippen LogP contribution in [-0.2, 0) is 0 Å². The van der Waals surface area contributed by atoms with Crippen LogP contribution in [0.25, 0.3) is 34.9 Å². The maximum absolute atomic E-state index is 4.41. The summed E-state index contributed by atoms with van der Waals surface area (Å²) in [5.41, 5.74) is 3.69. The molecule has 0 unspecified atom stereocenters. The van der Waals surface area contributed by atoms with Crippen molar-refractivity contribution >= 4 is 218 Å². The van der Waals surface area contributed by atoms with Gasteiger partial charge < -0.3 is 0 Å². The molecule has 0 aliphatic heterocycles. The van der Waals surface area contributed by atoms with Crippen LogP contribution in [0.3, 0.4) is 0 Å². The van der Waals surface area contributed by atoms with E-state index in [1.165, 1.54) is 9.59 Å². The zero-order valence-electron chi connectivity index (χ0n) is 12.8. The van der Waals surface area contributed by atoms with E-state index in [0.717, 1.165) is 22.5 Å². The number of rotatable bonds is 4. The molecule has 0 saturated carbocycles. The molecule has 0 atom stereocenters. The molecule has 0 amide bonds. The Hall–Kier alpha value is 3.01. The van der Waals surface area contributed by atoms with Crippen LogP contribution in [0.15, 0.2) is 73.1 Å². The van der Waals surface area contributed by atoms with Crippen molar-refractivity contribution < 1.29 is 0 Å². The van der Waals surface area contributed by atoms with Gasteiger partial charge in [-0.1, -0.05) is 60.7 Å². The molecule has 28 heavy (non-hydrogen) atoms. The number of aromatic nitrogens is 6. The number of nitrogens with zero attached hydrogens (tertiary/aromatic N) is 6. The zero-order chi connectivity index (χ0) is 16.2. The summed E-state index contributed by atoms with van der Waals surface area (Å²) in [6.07, 6.45) is 6.87. The van der Waals surface area contributed by atoms with E-state index in [9.17, 15) is 0 Å². The molecule has 124 valence electrons. The van der Waals surface area contributed by atoms with Gasteiger partial charge in [0.25, 0.3) is 0 Å². The van der Waals surface area contributed by atoms with Gasteiger partial charge in [0.05, 0.1) is 24.8 Å². The Morgan fingerprint density at radius 3 is 1.25 bits per heavy atom. The summed E-state index contributed by atoms with van der Waals surface area (Å²) in [4.78, 5) is 2.99. The quantitative estimate of drug-likeness (QED) is 0.409. The molecule has 0 radical (unpaired) electrons. The van der Waals surface area contributed by atoms with Gasteiger partial charge in [-0.15, -0.1) is 10.2 Å². The van der Waals surface area contributed by atoms with Crippen molar-refractivity contribution in [2.75, 3.05) is 0 Å². The van der Waals surface area contributed by atoms with Gasteiger partial charge in [0, 0.05) is 11.1 Å². The Morgan fingerprint density at radius 2 is 0.893 bits per heavy atom. The van der Waals surface area contributed by atoms with E-state index in [2.05, 4.69) is 20.4 Å². The molecular weight excluding hydrogens is 457 g/mol. The average molecular weight is 475 g/mol. The molecule has 2 aromatic carbocycles. The van der Waals surface area contributed by atoms with Crippen LogP contribution < -0.4 is 0 Å². The number of benzene rings is 2. The van der Waals surface area contributed by atoms with Gasteiger partial charge in [0.1, 0.15) is 11.4 Å². The molecular formula is C18H18K4N6. The first-order valence-corrected chi connectivity index (χ1v) is 7.51. The minimum atomic E-state index is 0. The van der Waals surface area contributed by atoms with Gasteiger partial charge in [-0.3, -0.25) is 0 Å². The van der Waals surface area contributed by atoms with Crippen LogP contribution in [0.4, 0.5) is 0 Å². The van der Waals surface area contributed by atoms with Gasteiger partial charge in [0.2, 0.25) is 0 Å². The number of hydrogen-bond donors (Lipinski definition) is 0. The zero-order valence-corrected chi connectivity index (χ0v) is 12.8. The van der Waals surface area contributed by atoms with E-state index >= 15 is 0 Å². The average Bonchev–Trinajstić information content (AvgIpc) is 3.31. The van der Waals surface area contributed by atoms with Gasteiger partial charge in [-0.2, -0.15) is 19.8 Å². The van der Waals surface area contributed by atoms with E-state index < -0.39 is 0 Å². The molecule has 0 bridgehead atoms. The summed E-state index contributed by atoms with van der Waals surface area (Å²) >= 11 is 0. The second-order valence-electron chi connectivity index (χ2n) is 5.13. The summed E-state index contributed by atoms with van der Waals surface area (Å²) < 4.78 is 0. The van der Waals surface area contributed by atoms with Crippen LogP contribution in [0.2, 0.25) is 0 Å². The molecule has 0 N–H and O–H groups in total. The first-order chi connectivity index (χ1) is 11.9. The molecule has 2 aromatic heterocycles. The third kappa shape index (κ3) is 9.10.